The summed E-state index contributed by atoms with van der Waals surface area (Å²) in [6.07, 6.45) is 1.71. The number of aromatic nitrogens is 4. The van der Waals surface area contributed by atoms with Crippen molar-refractivity contribution < 1.29 is 9.18 Å². The number of hydrogen-bond donors (Lipinski definition) is 1. The lowest BCUT2D eigenvalue weighted by atomic mass is 10.2. The standard InChI is InChI=1S/C17H17ClFN5O/c1-11-16(18)12(2)24(21-11)10-23-8-7-15(22-23)17(25)20-9-13-3-5-14(19)6-4-13/h3-8H,9-10H2,1-2H3,(H,20,25). The SMILES string of the molecule is Cc1nn(Cn2ccc(C(=O)NCc3ccc(F)cc3)n2)c(C)c1Cl. The number of amides is 1. The van der Waals surface area contributed by atoms with Gasteiger partial charge in [-0.15, -0.1) is 0 Å². The highest BCUT2D eigenvalue weighted by atomic mass is 35.5. The second kappa shape index (κ2) is 7.06. The van der Waals surface area contributed by atoms with E-state index in [-0.39, 0.29) is 11.7 Å². The Morgan fingerprint density at radius 1 is 1.20 bits per heavy atom. The summed E-state index contributed by atoms with van der Waals surface area (Å²) < 4.78 is 16.2. The largest absolute Gasteiger partial charge is 0.347 e. The van der Waals surface area contributed by atoms with Gasteiger partial charge in [-0.05, 0) is 37.6 Å². The molecule has 0 saturated heterocycles. The van der Waals surface area contributed by atoms with Crippen molar-refractivity contribution in [2.45, 2.75) is 27.1 Å². The van der Waals surface area contributed by atoms with Crippen LogP contribution in [0.4, 0.5) is 4.39 Å². The summed E-state index contributed by atoms with van der Waals surface area (Å²) in [4.78, 5) is 12.2. The van der Waals surface area contributed by atoms with Crippen LogP contribution in [0.25, 0.3) is 0 Å². The lowest BCUT2D eigenvalue weighted by molar-refractivity contribution is 0.0945. The van der Waals surface area contributed by atoms with Crippen molar-refractivity contribution in [2.24, 2.45) is 0 Å². The Hall–Kier alpha value is -2.67. The summed E-state index contributed by atoms with van der Waals surface area (Å²) in [7, 11) is 0. The number of aryl methyl sites for hydroxylation is 1. The molecule has 3 rings (SSSR count). The number of benzene rings is 1. The highest BCUT2D eigenvalue weighted by Crippen LogP contribution is 2.18. The zero-order valence-corrected chi connectivity index (χ0v) is 14.6. The topological polar surface area (TPSA) is 64.7 Å². The molecule has 0 saturated carbocycles. The van der Waals surface area contributed by atoms with Crippen LogP contribution < -0.4 is 5.32 Å². The zero-order valence-electron chi connectivity index (χ0n) is 13.8. The molecule has 0 aliphatic heterocycles. The number of hydrogen-bond acceptors (Lipinski definition) is 3. The Bertz CT molecular complexity index is 900. The van der Waals surface area contributed by atoms with Gasteiger partial charge in [0.15, 0.2) is 0 Å². The van der Waals surface area contributed by atoms with E-state index < -0.39 is 0 Å². The number of nitrogens with one attached hydrogen (secondary N) is 1. The molecule has 0 aliphatic carbocycles. The van der Waals surface area contributed by atoms with E-state index >= 15 is 0 Å². The van der Waals surface area contributed by atoms with Crippen molar-refractivity contribution >= 4 is 17.5 Å². The third kappa shape index (κ3) is 3.88. The maximum absolute atomic E-state index is 12.9. The van der Waals surface area contributed by atoms with E-state index in [2.05, 4.69) is 15.5 Å². The van der Waals surface area contributed by atoms with E-state index in [0.29, 0.717) is 23.9 Å². The van der Waals surface area contributed by atoms with Gasteiger partial charge in [0.25, 0.3) is 5.91 Å². The number of carbonyl (C=O) groups excluding carboxylic acids is 1. The summed E-state index contributed by atoms with van der Waals surface area (Å²) in [5.41, 5.74) is 2.71. The molecule has 1 amide bonds. The number of nitrogens with zero attached hydrogens (tertiary/aromatic N) is 4. The fourth-order valence-electron chi connectivity index (χ4n) is 2.39. The van der Waals surface area contributed by atoms with Crippen molar-refractivity contribution in [3.63, 3.8) is 0 Å². The van der Waals surface area contributed by atoms with Gasteiger partial charge in [-0.2, -0.15) is 10.2 Å². The van der Waals surface area contributed by atoms with E-state index in [1.165, 1.54) is 12.1 Å². The predicted octanol–water partition coefficient (Wildman–Crippen LogP) is 2.92. The van der Waals surface area contributed by atoms with Crippen LogP contribution in [-0.4, -0.2) is 25.5 Å². The molecule has 0 fully saturated rings. The van der Waals surface area contributed by atoms with E-state index in [9.17, 15) is 9.18 Å². The maximum Gasteiger partial charge on any atom is 0.272 e. The molecule has 2 aromatic heterocycles. The monoisotopic (exact) mass is 361 g/mol. The first-order valence-corrected chi connectivity index (χ1v) is 8.07. The Kier molecular flexibility index (Phi) is 4.85. The molecule has 0 radical (unpaired) electrons. The van der Waals surface area contributed by atoms with Crippen molar-refractivity contribution in [2.75, 3.05) is 0 Å². The van der Waals surface area contributed by atoms with Crippen LogP contribution in [0.5, 0.6) is 0 Å². The third-order valence-corrected chi connectivity index (χ3v) is 4.36. The van der Waals surface area contributed by atoms with Gasteiger partial charge in [-0.25, -0.2) is 9.07 Å². The number of carbonyl (C=O) groups is 1. The molecule has 2 heterocycles. The first kappa shape index (κ1) is 17.2. The second-order valence-corrected chi connectivity index (χ2v) is 6.05. The maximum atomic E-state index is 12.9. The molecular formula is C17H17ClFN5O. The predicted molar refractivity (Wildman–Crippen MR) is 91.9 cm³/mol. The van der Waals surface area contributed by atoms with Gasteiger partial charge in [0.1, 0.15) is 18.2 Å². The van der Waals surface area contributed by atoms with Crippen LogP contribution in [-0.2, 0) is 13.2 Å². The molecule has 0 spiro atoms. The highest BCUT2D eigenvalue weighted by molar-refractivity contribution is 6.31. The molecule has 0 bridgehead atoms. The summed E-state index contributed by atoms with van der Waals surface area (Å²) in [5.74, 6) is -0.604. The van der Waals surface area contributed by atoms with Crippen molar-refractivity contribution in [3.05, 3.63) is 70.0 Å². The van der Waals surface area contributed by atoms with Gasteiger partial charge in [-0.1, -0.05) is 23.7 Å². The lowest BCUT2D eigenvalue weighted by Gasteiger charge is -2.05. The molecule has 3 aromatic rings. The Morgan fingerprint density at radius 2 is 1.92 bits per heavy atom. The molecule has 130 valence electrons. The van der Waals surface area contributed by atoms with Gasteiger partial charge in [-0.3, -0.25) is 9.48 Å². The Morgan fingerprint density at radius 3 is 2.56 bits per heavy atom. The van der Waals surface area contributed by atoms with Gasteiger partial charge in [0.2, 0.25) is 0 Å². The summed E-state index contributed by atoms with van der Waals surface area (Å²) in [5, 5.41) is 12.0. The molecule has 8 heteroatoms. The minimum atomic E-state index is -0.307. The summed E-state index contributed by atoms with van der Waals surface area (Å²) in [6.45, 7) is 4.38. The fraction of sp³-hybridized carbons (Fsp3) is 0.235. The van der Waals surface area contributed by atoms with E-state index in [1.807, 2.05) is 13.8 Å². The molecular weight excluding hydrogens is 345 g/mol. The first-order valence-electron chi connectivity index (χ1n) is 7.69. The highest BCUT2D eigenvalue weighted by Gasteiger charge is 2.12. The third-order valence-electron chi connectivity index (χ3n) is 3.81. The molecule has 6 nitrogen and oxygen atoms in total. The summed E-state index contributed by atoms with van der Waals surface area (Å²) in [6, 6.07) is 7.60. The van der Waals surface area contributed by atoms with Crippen molar-refractivity contribution in [1.29, 1.82) is 0 Å². The van der Waals surface area contributed by atoms with Gasteiger partial charge >= 0.3 is 0 Å². The zero-order chi connectivity index (χ0) is 18.0. The molecule has 1 N–H and O–H groups in total. The Balaban J connectivity index is 1.63. The van der Waals surface area contributed by atoms with Gasteiger partial charge < -0.3 is 5.32 Å². The van der Waals surface area contributed by atoms with Crippen LogP contribution in [0.3, 0.4) is 0 Å². The average molecular weight is 362 g/mol. The van der Waals surface area contributed by atoms with Crippen molar-refractivity contribution in [1.82, 2.24) is 24.9 Å². The van der Waals surface area contributed by atoms with Crippen LogP contribution >= 0.6 is 11.6 Å². The first-order chi connectivity index (χ1) is 11.9. The fourth-order valence-corrected chi connectivity index (χ4v) is 2.52. The van der Waals surface area contributed by atoms with Crippen LogP contribution in [0.1, 0.15) is 27.4 Å². The van der Waals surface area contributed by atoms with E-state index in [4.69, 9.17) is 11.6 Å². The minimum Gasteiger partial charge on any atom is -0.347 e. The van der Waals surface area contributed by atoms with Gasteiger partial charge in [0, 0.05) is 12.7 Å². The molecule has 0 unspecified atom stereocenters. The number of halogens is 2. The Labute approximate surface area is 149 Å². The van der Waals surface area contributed by atoms with Gasteiger partial charge in [0.05, 0.1) is 16.4 Å². The average Bonchev–Trinajstić information content (AvgIpc) is 3.16. The smallest absolute Gasteiger partial charge is 0.272 e. The number of rotatable bonds is 5. The van der Waals surface area contributed by atoms with Crippen molar-refractivity contribution in [3.8, 4) is 0 Å². The van der Waals surface area contributed by atoms with Crippen LogP contribution in [0.2, 0.25) is 5.02 Å². The molecule has 1 aromatic carbocycles. The van der Waals surface area contributed by atoms with Crippen LogP contribution in [0, 0.1) is 19.7 Å². The molecule has 0 aliphatic rings. The minimum absolute atomic E-state index is 0.297. The normalized spacial score (nSPS) is 10.9. The van der Waals surface area contributed by atoms with Crippen LogP contribution in [0.15, 0.2) is 36.5 Å². The van der Waals surface area contributed by atoms with E-state index in [0.717, 1.165) is 17.0 Å². The van der Waals surface area contributed by atoms with E-state index in [1.54, 1.807) is 33.8 Å². The lowest BCUT2D eigenvalue weighted by Crippen LogP contribution is -2.23. The second-order valence-electron chi connectivity index (χ2n) is 5.68. The summed E-state index contributed by atoms with van der Waals surface area (Å²) >= 11 is 6.13. The quantitative estimate of drug-likeness (QED) is 0.760. The molecule has 25 heavy (non-hydrogen) atoms. The molecule has 0 atom stereocenters.